The van der Waals surface area contributed by atoms with E-state index in [4.69, 9.17) is 20.3 Å². The van der Waals surface area contributed by atoms with Gasteiger partial charge in [0, 0.05) is 58.7 Å². The summed E-state index contributed by atoms with van der Waals surface area (Å²) in [6, 6.07) is -1.22. The first-order chi connectivity index (χ1) is 20.9. The molecule has 0 saturated heterocycles. The predicted octanol–water partition coefficient (Wildman–Crippen LogP) is -9.15. The summed E-state index contributed by atoms with van der Waals surface area (Å²) in [6.45, 7) is 13.4. The second-order valence-electron chi connectivity index (χ2n) is 11.4. The van der Waals surface area contributed by atoms with Crippen molar-refractivity contribution >= 4 is 47.9 Å². The van der Waals surface area contributed by atoms with E-state index < -0.39 is 36.3 Å². The van der Waals surface area contributed by atoms with Crippen molar-refractivity contribution in [2.24, 2.45) is 16.8 Å². The third-order valence-corrected chi connectivity index (χ3v) is 8.96. The van der Waals surface area contributed by atoms with Crippen LogP contribution in [0.2, 0.25) is 0 Å². The normalized spacial score (nSPS) is 19.1. The van der Waals surface area contributed by atoms with Crippen molar-refractivity contribution in [1.82, 2.24) is 9.97 Å². The maximum atomic E-state index is 12.5. The van der Waals surface area contributed by atoms with E-state index >= 15 is 0 Å². The van der Waals surface area contributed by atoms with Crippen LogP contribution in [-0.4, -0.2) is 29.7 Å². The zero-order valence-corrected chi connectivity index (χ0v) is 35.6. The number of fused-ring (bicyclic) bond motifs is 7. The summed E-state index contributed by atoms with van der Waals surface area (Å²) in [7, 11) is 0. The molecule has 3 unspecified atom stereocenters. The van der Waals surface area contributed by atoms with Crippen LogP contribution in [0.3, 0.4) is 0 Å². The van der Waals surface area contributed by atoms with Crippen molar-refractivity contribution < 1.29 is 135 Å². The average molecular weight is 725 g/mol. The van der Waals surface area contributed by atoms with Gasteiger partial charge >= 0.3 is 88.7 Å². The van der Waals surface area contributed by atoms with Crippen LogP contribution in [-0.2, 0) is 37.9 Å². The molecule has 5 rings (SSSR count). The van der Waals surface area contributed by atoms with E-state index in [-0.39, 0.29) is 141 Å². The van der Waals surface area contributed by atoms with Crippen molar-refractivity contribution in [2.45, 2.75) is 66.3 Å². The minimum atomic E-state index is -1.49. The Morgan fingerprint density at radius 2 is 1.60 bits per heavy atom. The van der Waals surface area contributed by atoms with Gasteiger partial charge in [-0.3, -0.25) is 4.99 Å². The van der Waals surface area contributed by atoms with E-state index in [1.807, 2.05) is 33.8 Å². The first kappa shape index (κ1) is 44.7. The molecule has 0 fully saturated rings. The summed E-state index contributed by atoms with van der Waals surface area (Å²) in [5.41, 5.74) is 6.36. The molecule has 10 nitrogen and oxygen atoms in total. The Balaban J connectivity index is 0.00000288. The number of carbonyl (C=O) groups is 3. The number of carboxylic acid groups (broad SMARTS) is 3. The topological polar surface area (TPSA) is 175 Å². The van der Waals surface area contributed by atoms with E-state index in [1.54, 1.807) is 25.2 Å². The van der Waals surface area contributed by atoms with Crippen molar-refractivity contribution in [2.75, 3.05) is 0 Å². The number of hydrogen-bond acceptors (Lipinski definition) is 7. The number of nitrogens with zero attached hydrogens (tertiary/aromatic N) is 4. The number of rotatable bonds is 8. The summed E-state index contributed by atoms with van der Waals surface area (Å²) in [5.74, 6) is -5.10. The Kier molecular flexibility index (Phi) is 17.0. The van der Waals surface area contributed by atoms with Gasteiger partial charge in [-0.1, -0.05) is 78.6 Å². The first-order valence-corrected chi connectivity index (χ1v) is 14.6. The molecule has 48 heavy (non-hydrogen) atoms. The fourth-order valence-corrected chi connectivity index (χ4v) is 6.53. The zero-order valence-electron chi connectivity index (χ0n) is 28.6. The van der Waals surface area contributed by atoms with Gasteiger partial charge in [0.05, 0.1) is 5.97 Å². The number of carboxylic acids is 3. The second-order valence-corrected chi connectivity index (χ2v) is 11.4. The third kappa shape index (κ3) is 8.57. The van der Waals surface area contributed by atoms with Crippen molar-refractivity contribution in [3.05, 3.63) is 84.3 Å². The quantitative estimate of drug-likeness (QED) is 0.241. The Morgan fingerprint density at radius 3 is 2.17 bits per heavy atom. The van der Waals surface area contributed by atoms with E-state index in [1.165, 1.54) is 0 Å². The maximum Gasteiger partial charge on any atom is 1.00 e. The molecule has 0 aliphatic carbocycles. The third-order valence-electron chi connectivity index (χ3n) is 8.96. The second kappa shape index (κ2) is 18.2. The fraction of sp³-hybridized carbons (Fsp3) is 0.353. The number of hydrogen-bond donors (Lipinski definition) is 0. The molecule has 8 bridgehead atoms. The van der Waals surface area contributed by atoms with Crippen molar-refractivity contribution in [3.8, 4) is 0 Å². The summed E-state index contributed by atoms with van der Waals surface area (Å²) >= 11 is 0. The largest absolute Gasteiger partial charge is 1.00 e. The Hall–Kier alpha value is -1.34. The van der Waals surface area contributed by atoms with Gasteiger partial charge in [0.1, 0.15) is 0 Å². The van der Waals surface area contributed by atoms with Gasteiger partial charge in [-0.15, -0.1) is 27.8 Å². The number of carbonyl (C=O) groups excluding carboxylic acids is 3. The van der Waals surface area contributed by atoms with Gasteiger partial charge < -0.3 is 45.0 Å². The van der Waals surface area contributed by atoms with Gasteiger partial charge in [0.15, 0.2) is 0 Å². The minimum Gasteiger partial charge on any atom is -0.674 e. The van der Waals surface area contributed by atoms with Crippen LogP contribution in [0.4, 0.5) is 0 Å². The molecule has 2 aromatic rings. The maximum absolute atomic E-state index is 12.5. The summed E-state index contributed by atoms with van der Waals surface area (Å²) in [5, 5.41) is 42.2. The predicted molar refractivity (Wildman–Crippen MR) is 160 cm³/mol. The zero-order chi connectivity index (χ0) is 32.0. The molecule has 0 spiro atoms. The molecule has 3 atom stereocenters. The molecular formula is C34H32CuN4Na3O6-3. The number of allylic oxidation sites excluding steroid dienone is 2. The number of aliphatic carboxylic acids is 3. The Labute approximate surface area is 356 Å². The number of aromatic nitrogens is 2. The molecule has 14 heteroatoms. The molecule has 0 N–H and O–H groups in total. The Bertz CT molecular complexity index is 1890. The SMILES string of the molecule is C=Cc1c(C)c2[n-]c1=Cc1[n-]c(c(CC)c1C)C=C1[N-]C(C(CC(=O)[O-])=C3N=C(C=2)C(C)C3CCC(=O)[O-])C(C(=O)[O-])=C1C.[Cu].[Na+].[Na+].[Na+]. The van der Waals surface area contributed by atoms with Crippen LogP contribution in [0.15, 0.2) is 39.7 Å². The van der Waals surface area contributed by atoms with Gasteiger partial charge in [-0.05, 0) is 51.2 Å². The van der Waals surface area contributed by atoms with E-state index in [0.29, 0.717) is 45.5 Å². The Morgan fingerprint density at radius 1 is 0.938 bits per heavy atom. The van der Waals surface area contributed by atoms with E-state index in [9.17, 15) is 29.7 Å². The minimum absolute atomic E-state index is 0. The van der Waals surface area contributed by atoms with Crippen molar-refractivity contribution in [3.63, 3.8) is 0 Å². The average Bonchev–Trinajstić information content (AvgIpc) is 3.63. The molecule has 3 aliphatic heterocycles. The molecule has 5 heterocycles. The van der Waals surface area contributed by atoms with Gasteiger partial charge in [0.25, 0.3) is 0 Å². The first-order valence-electron chi connectivity index (χ1n) is 14.6. The molecule has 0 amide bonds. The molecule has 2 aromatic heterocycles. The fourth-order valence-electron chi connectivity index (χ4n) is 6.53. The van der Waals surface area contributed by atoms with E-state index in [2.05, 4.69) is 6.58 Å². The molecule has 241 valence electrons. The number of aliphatic imine (C=N–C) groups is 1. The van der Waals surface area contributed by atoms with Crippen LogP contribution in [0, 0.1) is 25.7 Å². The summed E-state index contributed by atoms with van der Waals surface area (Å²) in [4.78, 5) is 50.8. The monoisotopic (exact) mass is 724 g/mol. The summed E-state index contributed by atoms with van der Waals surface area (Å²) < 4.78 is 0. The molecule has 0 aromatic carbocycles. The van der Waals surface area contributed by atoms with Gasteiger partial charge in [0.2, 0.25) is 0 Å². The molecular weight excluding hydrogens is 693 g/mol. The van der Waals surface area contributed by atoms with Crippen LogP contribution in [0.1, 0.15) is 73.7 Å². The van der Waals surface area contributed by atoms with Crippen LogP contribution >= 0.6 is 0 Å². The van der Waals surface area contributed by atoms with Crippen molar-refractivity contribution in [1.29, 1.82) is 0 Å². The van der Waals surface area contributed by atoms with Gasteiger partial charge in [-0.25, -0.2) is 0 Å². The van der Waals surface area contributed by atoms with Crippen LogP contribution in [0.5, 0.6) is 0 Å². The van der Waals surface area contributed by atoms with Crippen LogP contribution < -0.4 is 125 Å². The van der Waals surface area contributed by atoms with Gasteiger partial charge in [-0.2, -0.15) is 0 Å². The molecule has 0 saturated carbocycles. The standard InChI is InChI=1S/C34H38N4O6.Cu.3Na/c1-7-19-15(3)23-12-25-17(5)21(9-10-29(39)40)32(37-25)22(11-30(41)42)33-31(34(43)44)18(6)26(38-33)14-28-20(8-2)16(4)24(36-28)13-27(19)35-23;;;;/h7,12-14,17,21,33H,1,8-11H2,2-6H3,(H6,35,36,37,38,39,40,41,42,43,44);;;;/q;;3*+1/p-6. The summed E-state index contributed by atoms with van der Waals surface area (Å²) in [6.07, 6.45) is 6.95. The van der Waals surface area contributed by atoms with Crippen LogP contribution in [0.25, 0.3) is 29.6 Å². The molecule has 1 radical (unpaired) electrons. The molecule has 3 aliphatic rings. The van der Waals surface area contributed by atoms with E-state index in [0.717, 1.165) is 22.3 Å². The smallest absolute Gasteiger partial charge is 0.674 e.